The molecule has 1 heterocycles. The number of hydrogen-bond donors (Lipinski definition) is 1. The number of piperidine rings is 1. The van der Waals surface area contributed by atoms with Gasteiger partial charge in [-0.2, -0.15) is 0 Å². The number of Topliss-reactive ketones (excluding diaryl/α,β-unsaturated/α-hetero) is 1. The number of hydrogen-bond acceptors (Lipinski definition) is 4. The number of benzene rings is 1. The van der Waals surface area contributed by atoms with Gasteiger partial charge in [0.15, 0.2) is 0 Å². The van der Waals surface area contributed by atoms with Gasteiger partial charge in [-0.1, -0.05) is 44.2 Å². The van der Waals surface area contributed by atoms with Gasteiger partial charge in [-0.25, -0.2) is 13.1 Å². The van der Waals surface area contributed by atoms with E-state index in [-0.39, 0.29) is 23.0 Å². The smallest absolute Gasteiger partial charge is 0.212 e. The van der Waals surface area contributed by atoms with Crippen LogP contribution in [0, 0.1) is 16.7 Å². The fourth-order valence-electron chi connectivity index (χ4n) is 5.78. The van der Waals surface area contributed by atoms with E-state index >= 15 is 0 Å². The van der Waals surface area contributed by atoms with Gasteiger partial charge >= 0.3 is 0 Å². The van der Waals surface area contributed by atoms with Gasteiger partial charge in [0.1, 0.15) is 5.78 Å². The number of nitrogens with one attached hydrogen (secondary N) is 1. The molecule has 2 aliphatic carbocycles. The van der Waals surface area contributed by atoms with Crippen LogP contribution in [0.4, 0.5) is 0 Å². The molecule has 154 valence electrons. The highest BCUT2D eigenvalue weighted by Crippen LogP contribution is 2.64. The Morgan fingerprint density at radius 1 is 1.11 bits per heavy atom. The summed E-state index contributed by atoms with van der Waals surface area (Å²) in [5, 5.41) is 0. The molecule has 2 atom stereocenters. The van der Waals surface area contributed by atoms with Crippen LogP contribution in [0.15, 0.2) is 30.3 Å². The molecule has 3 aliphatic rings. The minimum atomic E-state index is -3.48. The largest absolute Gasteiger partial charge is 0.299 e. The van der Waals surface area contributed by atoms with Gasteiger partial charge in [0, 0.05) is 37.5 Å². The van der Waals surface area contributed by atoms with Gasteiger partial charge in [-0.3, -0.25) is 9.69 Å². The van der Waals surface area contributed by atoms with E-state index in [1.165, 1.54) is 5.56 Å². The first kappa shape index (κ1) is 20.0. The van der Waals surface area contributed by atoms with Gasteiger partial charge in [0.2, 0.25) is 10.0 Å². The van der Waals surface area contributed by atoms with Crippen molar-refractivity contribution in [2.45, 2.75) is 58.5 Å². The molecule has 4 rings (SSSR count). The van der Waals surface area contributed by atoms with Crippen LogP contribution < -0.4 is 4.72 Å². The average Bonchev–Trinajstić information content (AvgIpc) is 2.98. The van der Waals surface area contributed by atoms with E-state index in [9.17, 15) is 13.2 Å². The quantitative estimate of drug-likeness (QED) is 0.792. The van der Waals surface area contributed by atoms with Crippen LogP contribution in [-0.4, -0.2) is 44.0 Å². The summed E-state index contributed by atoms with van der Waals surface area (Å²) in [5.74, 6) is 0.472. The summed E-state index contributed by atoms with van der Waals surface area (Å²) >= 11 is 0. The summed E-state index contributed by atoms with van der Waals surface area (Å²) in [5.41, 5.74) is 0.397. The monoisotopic (exact) mass is 404 g/mol. The Labute approximate surface area is 168 Å². The van der Waals surface area contributed by atoms with Crippen molar-refractivity contribution in [2.24, 2.45) is 16.7 Å². The van der Waals surface area contributed by atoms with E-state index in [2.05, 4.69) is 47.7 Å². The zero-order valence-electron chi connectivity index (χ0n) is 17.0. The van der Waals surface area contributed by atoms with E-state index in [4.69, 9.17) is 0 Å². The molecular weight excluding hydrogens is 372 g/mol. The minimum Gasteiger partial charge on any atom is -0.299 e. The molecule has 5 nitrogen and oxygen atoms in total. The molecule has 0 aromatic heterocycles. The Kier molecular flexibility index (Phi) is 5.17. The van der Waals surface area contributed by atoms with Crippen LogP contribution in [0.1, 0.15) is 51.5 Å². The molecule has 28 heavy (non-hydrogen) atoms. The van der Waals surface area contributed by atoms with E-state index in [0.717, 1.165) is 45.3 Å². The Hall–Kier alpha value is -1.24. The van der Waals surface area contributed by atoms with E-state index in [1.807, 2.05) is 6.07 Å². The standard InChI is InChI=1S/C22H32N2O3S/c1-21(2)18-8-11-22(21,20(25)14-18)16-28(26,27)23-19-9-12-24(13-10-19)15-17-6-4-3-5-7-17/h3-7,18-19,23H,8-16H2,1-2H3/t18-,22+/m0/s1. The molecule has 1 aromatic carbocycles. The molecular formula is C22H32N2O3S. The number of fused-ring (bicyclic) bond motifs is 2. The third-order valence-electron chi connectivity index (χ3n) is 7.76. The van der Waals surface area contributed by atoms with Crippen molar-refractivity contribution < 1.29 is 13.2 Å². The van der Waals surface area contributed by atoms with Crippen LogP contribution in [0.5, 0.6) is 0 Å². The van der Waals surface area contributed by atoms with Gasteiger partial charge in [0.25, 0.3) is 0 Å². The zero-order chi connectivity index (χ0) is 20.0. The Balaban J connectivity index is 1.34. The first-order valence-electron chi connectivity index (χ1n) is 10.5. The van der Waals surface area contributed by atoms with Crippen LogP contribution in [0.25, 0.3) is 0 Å². The SMILES string of the molecule is CC1(C)[C@H]2CC[C@@]1(CS(=O)(=O)NC1CCN(Cc3ccccc3)CC1)C(=O)C2. The fraction of sp³-hybridized carbons (Fsp3) is 0.682. The van der Waals surface area contributed by atoms with Crippen molar-refractivity contribution in [1.82, 2.24) is 9.62 Å². The molecule has 0 spiro atoms. The van der Waals surface area contributed by atoms with Crippen molar-refractivity contribution in [1.29, 1.82) is 0 Å². The average molecular weight is 405 g/mol. The Bertz CT molecular complexity index is 829. The maximum absolute atomic E-state index is 13.0. The summed E-state index contributed by atoms with van der Waals surface area (Å²) in [6.07, 6.45) is 3.89. The van der Waals surface area contributed by atoms with Gasteiger partial charge in [-0.05, 0) is 42.6 Å². The molecule has 3 fully saturated rings. The lowest BCUT2D eigenvalue weighted by Gasteiger charge is -2.37. The normalized spacial score (nSPS) is 30.8. The minimum absolute atomic E-state index is 0.0229. The molecule has 6 heteroatoms. The molecule has 1 saturated heterocycles. The lowest BCUT2D eigenvalue weighted by Crippen LogP contribution is -2.49. The zero-order valence-corrected chi connectivity index (χ0v) is 17.8. The summed E-state index contributed by atoms with van der Waals surface area (Å²) in [7, 11) is -3.48. The van der Waals surface area contributed by atoms with Crippen molar-refractivity contribution in [3.63, 3.8) is 0 Å². The lowest BCUT2D eigenvalue weighted by atomic mass is 9.70. The molecule has 0 unspecified atom stereocenters. The number of carbonyl (C=O) groups is 1. The van der Waals surface area contributed by atoms with Crippen LogP contribution in [0.2, 0.25) is 0 Å². The number of carbonyl (C=O) groups excluding carboxylic acids is 1. The number of likely N-dealkylation sites (tertiary alicyclic amines) is 1. The predicted molar refractivity (Wildman–Crippen MR) is 110 cm³/mol. The first-order chi connectivity index (χ1) is 13.2. The molecule has 1 aliphatic heterocycles. The summed E-state index contributed by atoms with van der Waals surface area (Å²) in [4.78, 5) is 15.0. The van der Waals surface area contributed by atoms with Gasteiger partial charge in [-0.15, -0.1) is 0 Å². The third-order valence-corrected chi connectivity index (χ3v) is 9.32. The summed E-state index contributed by atoms with van der Waals surface area (Å²) < 4.78 is 28.9. The number of nitrogens with zero attached hydrogens (tertiary/aromatic N) is 1. The van der Waals surface area contributed by atoms with Crippen LogP contribution in [0.3, 0.4) is 0 Å². The Morgan fingerprint density at radius 2 is 1.79 bits per heavy atom. The van der Waals surface area contributed by atoms with Gasteiger partial charge < -0.3 is 0 Å². The fourth-order valence-corrected chi connectivity index (χ4v) is 7.93. The van der Waals surface area contributed by atoms with Crippen LogP contribution in [-0.2, 0) is 21.4 Å². The van der Waals surface area contributed by atoms with Crippen molar-refractivity contribution in [2.75, 3.05) is 18.8 Å². The summed E-state index contributed by atoms with van der Waals surface area (Å²) in [6, 6.07) is 10.4. The van der Waals surface area contributed by atoms with E-state index in [0.29, 0.717) is 12.3 Å². The van der Waals surface area contributed by atoms with Crippen LogP contribution >= 0.6 is 0 Å². The van der Waals surface area contributed by atoms with E-state index in [1.54, 1.807) is 0 Å². The molecule has 1 aromatic rings. The number of rotatable bonds is 6. The lowest BCUT2D eigenvalue weighted by molar-refractivity contribution is -0.128. The maximum Gasteiger partial charge on any atom is 0.212 e. The highest BCUT2D eigenvalue weighted by atomic mass is 32.2. The Morgan fingerprint density at radius 3 is 2.36 bits per heavy atom. The molecule has 2 saturated carbocycles. The highest BCUT2D eigenvalue weighted by molar-refractivity contribution is 7.89. The second-order valence-electron chi connectivity index (χ2n) is 9.58. The van der Waals surface area contributed by atoms with E-state index < -0.39 is 15.4 Å². The first-order valence-corrected chi connectivity index (χ1v) is 12.2. The topological polar surface area (TPSA) is 66.5 Å². The van der Waals surface area contributed by atoms with Crippen molar-refractivity contribution >= 4 is 15.8 Å². The predicted octanol–water partition coefficient (Wildman–Crippen LogP) is 2.97. The third kappa shape index (κ3) is 3.55. The number of ketones is 1. The second kappa shape index (κ2) is 7.22. The van der Waals surface area contributed by atoms with Gasteiger partial charge in [0.05, 0.1) is 5.75 Å². The number of sulfonamides is 1. The van der Waals surface area contributed by atoms with Crippen molar-refractivity contribution in [3.05, 3.63) is 35.9 Å². The van der Waals surface area contributed by atoms with Crippen molar-refractivity contribution in [3.8, 4) is 0 Å². The second-order valence-corrected chi connectivity index (χ2v) is 11.3. The molecule has 1 N–H and O–H groups in total. The molecule has 0 amide bonds. The molecule has 2 bridgehead atoms. The summed E-state index contributed by atoms with van der Waals surface area (Å²) in [6.45, 7) is 6.87. The molecule has 0 radical (unpaired) electrons. The highest BCUT2D eigenvalue weighted by Gasteiger charge is 2.65. The maximum atomic E-state index is 13.0.